The number of carboxylic acids is 1. The maximum atomic E-state index is 12.8. The second-order valence-electron chi connectivity index (χ2n) is 8.70. The number of carboxylic acid groups (broad SMARTS) is 1. The largest absolute Gasteiger partial charge is 0.481 e. The topological polar surface area (TPSA) is 86.7 Å². The first-order chi connectivity index (χ1) is 16.9. The van der Waals surface area contributed by atoms with Crippen LogP contribution in [0.3, 0.4) is 0 Å². The van der Waals surface area contributed by atoms with E-state index in [2.05, 4.69) is 5.32 Å². The molecule has 2 N–H and O–H groups in total. The Kier molecular flexibility index (Phi) is 13.4. The van der Waals surface area contributed by atoms with Crippen molar-refractivity contribution in [1.82, 2.24) is 10.2 Å². The lowest BCUT2D eigenvalue weighted by Gasteiger charge is -2.14. The lowest BCUT2D eigenvalue weighted by molar-refractivity contribution is -0.137. The van der Waals surface area contributed by atoms with E-state index in [9.17, 15) is 14.4 Å². The molecule has 0 spiro atoms. The zero-order valence-corrected chi connectivity index (χ0v) is 22.1. The fraction of sp³-hybridized carbons (Fsp3) is 0.481. The van der Waals surface area contributed by atoms with Crippen LogP contribution < -0.4 is 5.32 Å². The number of nitrogens with zero attached hydrogens (tertiary/aromatic N) is 1. The van der Waals surface area contributed by atoms with E-state index in [1.807, 2.05) is 49.4 Å². The third-order valence-corrected chi connectivity index (χ3v) is 7.01. The number of aliphatic carboxylic acids is 1. The number of nitrogens with one attached hydrogen (secondary N) is 1. The molecule has 1 aliphatic rings. The van der Waals surface area contributed by atoms with Gasteiger partial charge in [-0.3, -0.25) is 19.3 Å². The van der Waals surface area contributed by atoms with Crippen LogP contribution >= 0.6 is 24.0 Å². The summed E-state index contributed by atoms with van der Waals surface area (Å²) in [7, 11) is 0. The number of unbranched alkanes of at least 4 members (excludes halogenated alkanes) is 7. The third kappa shape index (κ3) is 11.7. The Morgan fingerprint density at radius 3 is 2.29 bits per heavy atom. The Labute approximate surface area is 218 Å². The van der Waals surface area contributed by atoms with E-state index in [-0.39, 0.29) is 31.2 Å². The number of amides is 2. The van der Waals surface area contributed by atoms with Gasteiger partial charge in [-0.2, -0.15) is 0 Å². The van der Waals surface area contributed by atoms with Gasteiger partial charge in [0.15, 0.2) is 0 Å². The van der Waals surface area contributed by atoms with Gasteiger partial charge in [0.05, 0.1) is 4.91 Å². The van der Waals surface area contributed by atoms with Crippen molar-refractivity contribution < 1.29 is 19.5 Å². The Balaban J connectivity index is 1.60. The van der Waals surface area contributed by atoms with Crippen LogP contribution in [-0.4, -0.2) is 45.2 Å². The number of carbonyl (C=O) groups excluding carboxylic acids is 2. The average Bonchev–Trinajstić information content (AvgIpc) is 3.08. The summed E-state index contributed by atoms with van der Waals surface area (Å²) < 4.78 is 0.490. The normalized spacial score (nSPS) is 15.2. The van der Waals surface area contributed by atoms with Crippen LogP contribution in [0.1, 0.15) is 76.7 Å². The molecule has 0 radical (unpaired) electrons. The van der Waals surface area contributed by atoms with E-state index in [0.717, 1.165) is 62.5 Å². The molecule has 190 valence electrons. The van der Waals surface area contributed by atoms with Crippen molar-refractivity contribution in [1.29, 1.82) is 0 Å². The molecule has 0 atom stereocenters. The number of hydrogen-bond acceptors (Lipinski definition) is 5. The summed E-state index contributed by atoms with van der Waals surface area (Å²) in [5.74, 6) is -0.928. The van der Waals surface area contributed by atoms with Gasteiger partial charge in [0.1, 0.15) is 4.32 Å². The van der Waals surface area contributed by atoms with Crippen LogP contribution in [0.4, 0.5) is 0 Å². The van der Waals surface area contributed by atoms with Crippen LogP contribution in [0, 0.1) is 0 Å². The van der Waals surface area contributed by atoms with Gasteiger partial charge in [-0.05, 0) is 37.0 Å². The minimum atomic E-state index is -0.718. The van der Waals surface area contributed by atoms with Crippen molar-refractivity contribution in [3.8, 4) is 0 Å². The van der Waals surface area contributed by atoms with E-state index < -0.39 is 5.97 Å². The standard InChI is InChI=1S/C27H36N2O4S2/c1-21(19-22-13-9-8-10-14-22)20-23-26(33)29(27(34)35-23)18-16-24(30)28-17-12-7-5-3-2-4-6-11-15-25(31)32/h8-10,13-14,19-20H,2-7,11-12,15-18H2,1H3,(H,28,30)(H,31,32)/b21-19+,23-20+. The van der Waals surface area contributed by atoms with Gasteiger partial charge in [0.25, 0.3) is 5.91 Å². The Morgan fingerprint density at radius 2 is 1.63 bits per heavy atom. The summed E-state index contributed by atoms with van der Waals surface area (Å²) in [6.45, 7) is 2.88. The predicted molar refractivity (Wildman–Crippen MR) is 147 cm³/mol. The van der Waals surface area contributed by atoms with Crippen LogP contribution in [0.2, 0.25) is 0 Å². The fourth-order valence-corrected chi connectivity index (χ4v) is 5.10. The quantitative estimate of drug-likeness (QED) is 0.161. The predicted octanol–water partition coefficient (Wildman–Crippen LogP) is 5.94. The number of hydrogen-bond donors (Lipinski definition) is 2. The number of carbonyl (C=O) groups is 3. The molecule has 1 fully saturated rings. The molecule has 0 aromatic heterocycles. The monoisotopic (exact) mass is 516 g/mol. The van der Waals surface area contributed by atoms with E-state index in [0.29, 0.717) is 15.8 Å². The van der Waals surface area contributed by atoms with Crippen molar-refractivity contribution >= 4 is 52.2 Å². The van der Waals surface area contributed by atoms with Gasteiger partial charge in [-0.15, -0.1) is 0 Å². The third-order valence-electron chi connectivity index (χ3n) is 5.63. The molecule has 1 aromatic rings. The lowest BCUT2D eigenvalue weighted by atomic mass is 10.1. The first-order valence-corrected chi connectivity index (χ1v) is 13.6. The number of thiocarbonyl (C=S) groups is 1. The molecule has 0 aliphatic carbocycles. The molecule has 2 rings (SSSR count). The molecule has 2 amide bonds. The summed E-state index contributed by atoms with van der Waals surface area (Å²) in [6, 6.07) is 9.92. The molecule has 0 unspecified atom stereocenters. The first-order valence-electron chi connectivity index (χ1n) is 12.3. The summed E-state index contributed by atoms with van der Waals surface area (Å²) in [5, 5.41) is 11.5. The highest BCUT2D eigenvalue weighted by molar-refractivity contribution is 8.26. The maximum absolute atomic E-state index is 12.8. The minimum absolute atomic E-state index is 0.0679. The minimum Gasteiger partial charge on any atom is -0.481 e. The summed E-state index contributed by atoms with van der Waals surface area (Å²) in [4.78, 5) is 37.5. The second kappa shape index (κ2) is 16.3. The smallest absolute Gasteiger partial charge is 0.303 e. The molecule has 35 heavy (non-hydrogen) atoms. The van der Waals surface area contributed by atoms with Crippen molar-refractivity contribution in [2.24, 2.45) is 0 Å². The van der Waals surface area contributed by atoms with Gasteiger partial charge < -0.3 is 10.4 Å². The molecular weight excluding hydrogens is 480 g/mol. The average molecular weight is 517 g/mol. The molecule has 1 saturated heterocycles. The SMILES string of the molecule is CC(=C\c1ccccc1)/C=C1/SC(=S)N(CCC(=O)NCCCCCCCCCCC(=O)O)C1=O. The van der Waals surface area contributed by atoms with Gasteiger partial charge in [-0.1, -0.05) is 98.9 Å². The van der Waals surface area contributed by atoms with E-state index in [1.165, 1.54) is 16.7 Å². The van der Waals surface area contributed by atoms with E-state index in [4.69, 9.17) is 17.3 Å². The Bertz CT molecular complexity index is 928. The Morgan fingerprint density at radius 1 is 1.00 bits per heavy atom. The molecule has 1 aromatic carbocycles. The molecule has 0 bridgehead atoms. The fourth-order valence-electron chi connectivity index (χ4n) is 3.74. The zero-order chi connectivity index (χ0) is 25.5. The number of allylic oxidation sites excluding steroid dienone is 2. The van der Waals surface area contributed by atoms with E-state index >= 15 is 0 Å². The highest BCUT2D eigenvalue weighted by Gasteiger charge is 2.31. The van der Waals surface area contributed by atoms with Crippen LogP contribution in [0.5, 0.6) is 0 Å². The number of rotatable bonds is 16. The number of thioether (sulfide) groups is 1. The highest BCUT2D eigenvalue weighted by atomic mass is 32.2. The molecule has 1 heterocycles. The van der Waals surface area contributed by atoms with Gasteiger partial charge in [0.2, 0.25) is 5.91 Å². The van der Waals surface area contributed by atoms with Crippen molar-refractivity contribution in [2.75, 3.05) is 13.1 Å². The molecule has 6 nitrogen and oxygen atoms in total. The molecular formula is C27H36N2O4S2. The molecule has 0 saturated carbocycles. The molecule has 8 heteroatoms. The van der Waals surface area contributed by atoms with Gasteiger partial charge >= 0.3 is 5.97 Å². The lowest BCUT2D eigenvalue weighted by Crippen LogP contribution is -2.33. The second-order valence-corrected chi connectivity index (χ2v) is 10.4. The summed E-state index contributed by atoms with van der Waals surface area (Å²) >= 11 is 6.65. The van der Waals surface area contributed by atoms with Crippen molar-refractivity contribution in [3.63, 3.8) is 0 Å². The van der Waals surface area contributed by atoms with Crippen LogP contribution in [0.15, 0.2) is 46.9 Å². The maximum Gasteiger partial charge on any atom is 0.303 e. The number of benzene rings is 1. The molecule has 1 aliphatic heterocycles. The summed E-state index contributed by atoms with van der Waals surface area (Å²) in [5.41, 5.74) is 2.04. The van der Waals surface area contributed by atoms with Crippen molar-refractivity contribution in [2.45, 2.75) is 71.1 Å². The van der Waals surface area contributed by atoms with E-state index in [1.54, 1.807) is 0 Å². The van der Waals surface area contributed by atoms with Gasteiger partial charge in [0, 0.05) is 25.9 Å². The zero-order valence-electron chi connectivity index (χ0n) is 20.5. The summed E-state index contributed by atoms with van der Waals surface area (Å²) in [6.07, 6.45) is 12.6. The van der Waals surface area contributed by atoms with Crippen molar-refractivity contribution in [3.05, 3.63) is 52.4 Å². The first kappa shape index (κ1) is 28.8. The van der Waals surface area contributed by atoms with Crippen LogP contribution in [-0.2, 0) is 14.4 Å². The Hall–Kier alpha value is -2.45. The van der Waals surface area contributed by atoms with Crippen LogP contribution in [0.25, 0.3) is 6.08 Å². The highest BCUT2D eigenvalue weighted by Crippen LogP contribution is 2.32. The van der Waals surface area contributed by atoms with Gasteiger partial charge in [-0.25, -0.2) is 0 Å².